The van der Waals surface area contributed by atoms with E-state index in [-0.39, 0.29) is 23.8 Å². The number of aryl methyl sites for hydroxylation is 1. The number of nitro benzene ring substituents is 1. The van der Waals surface area contributed by atoms with E-state index in [1.54, 1.807) is 30.5 Å². The monoisotopic (exact) mass is 371 g/mol. The molecule has 0 saturated carbocycles. The van der Waals surface area contributed by atoms with E-state index in [1.165, 1.54) is 35.6 Å². The average Bonchev–Trinajstić information content (AvgIpc) is 3.05. The number of hydrogen-bond acceptors (Lipinski definition) is 5. The second-order valence-corrected chi connectivity index (χ2v) is 6.49. The zero-order chi connectivity index (χ0) is 18.7. The third-order valence-corrected chi connectivity index (χ3v) is 4.63. The van der Waals surface area contributed by atoms with Crippen LogP contribution in [0.4, 0.5) is 15.8 Å². The normalized spacial score (nSPS) is 10.5. The largest absolute Gasteiger partial charge is 0.325 e. The number of carbonyl (C=O) groups is 1. The van der Waals surface area contributed by atoms with Crippen LogP contribution in [0.25, 0.3) is 10.6 Å². The summed E-state index contributed by atoms with van der Waals surface area (Å²) in [6.45, 7) is 1.76. The van der Waals surface area contributed by atoms with Gasteiger partial charge in [0.05, 0.1) is 22.7 Å². The molecule has 1 N–H and O–H groups in total. The van der Waals surface area contributed by atoms with Crippen molar-refractivity contribution in [3.05, 3.63) is 75.0 Å². The van der Waals surface area contributed by atoms with Crippen LogP contribution in [0, 0.1) is 22.9 Å². The molecule has 1 amide bonds. The number of carbonyl (C=O) groups excluding carboxylic acids is 1. The van der Waals surface area contributed by atoms with Crippen molar-refractivity contribution in [2.75, 3.05) is 5.32 Å². The standard InChI is InChI=1S/C18H14FN3O3S/c1-11-2-7-15(22(24)25)9-16(11)21-17(23)8-14-10-26-18(20-14)12-3-5-13(19)6-4-12/h2-7,9-10H,8H2,1H3,(H,21,23). The highest BCUT2D eigenvalue weighted by Gasteiger charge is 2.13. The molecule has 8 heteroatoms. The van der Waals surface area contributed by atoms with Gasteiger partial charge in [0.1, 0.15) is 10.8 Å². The summed E-state index contributed by atoms with van der Waals surface area (Å²) in [7, 11) is 0. The van der Waals surface area contributed by atoms with E-state index in [0.29, 0.717) is 16.4 Å². The quantitative estimate of drug-likeness (QED) is 0.534. The summed E-state index contributed by atoms with van der Waals surface area (Å²) in [6.07, 6.45) is 0.0415. The predicted octanol–water partition coefficient (Wildman–Crippen LogP) is 4.35. The van der Waals surface area contributed by atoms with E-state index in [1.807, 2.05) is 0 Å². The molecule has 132 valence electrons. The van der Waals surface area contributed by atoms with Gasteiger partial charge in [-0.05, 0) is 36.8 Å². The van der Waals surface area contributed by atoms with E-state index >= 15 is 0 Å². The van der Waals surface area contributed by atoms with Gasteiger partial charge in [-0.1, -0.05) is 6.07 Å². The number of aromatic nitrogens is 1. The minimum atomic E-state index is -0.509. The highest BCUT2D eigenvalue weighted by Crippen LogP contribution is 2.25. The average molecular weight is 371 g/mol. The van der Waals surface area contributed by atoms with Crippen molar-refractivity contribution in [1.82, 2.24) is 4.98 Å². The van der Waals surface area contributed by atoms with Crippen LogP contribution in [0.3, 0.4) is 0 Å². The van der Waals surface area contributed by atoms with Gasteiger partial charge in [-0.25, -0.2) is 9.37 Å². The Kier molecular flexibility index (Phi) is 5.04. The molecule has 0 radical (unpaired) electrons. The summed E-state index contributed by atoms with van der Waals surface area (Å²) >= 11 is 1.36. The highest BCUT2D eigenvalue weighted by atomic mass is 32.1. The Hall–Kier alpha value is -3.13. The molecule has 0 atom stereocenters. The molecule has 6 nitrogen and oxygen atoms in total. The van der Waals surface area contributed by atoms with Gasteiger partial charge in [0.25, 0.3) is 5.69 Å². The molecule has 0 fully saturated rings. The molecule has 2 aromatic carbocycles. The number of non-ortho nitro benzene ring substituents is 1. The number of thiazole rings is 1. The molecule has 0 spiro atoms. The molecule has 0 unspecified atom stereocenters. The fourth-order valence-corrected chi connectivity index (χ4v) is 3.16. The predicted molar refractivity (Wildman–Crippen MR) is 97.7 cm³/mol. The maximum Gasteiger partial charge on any atom is 0.271 e. The number of nitrogens with zero attached hydrogens (tertiary/aromatic N) is 2. The molecule has 0 aliphatic carbocycles. The van der Waals surface area contributed by atoms with Crippen molar-refractivity contribution in [3.63, 3.8) is 0 Å². The lowest BCUT2D eigenvalue weighted by atomic mass is 10.1. The number of hydrogen-bond donors (Lipinski definition) is 1. The van der Waals surface area contributed by atoms with Gasteiger partial charge >= 0.3 is 0 Å². The fraction of sp³-hybridized carbons (Fsp3) is 0.111. The topological polar surface area (TPSA) is 85.1 Å². The van der Waals surface area contributed by atoms with Crippen molar-refractivity contribution in [2.45, 2.75) is 13.3 Å². The Morgan fingerprint density at radius 1 is 1.27 bits per heavy atom. The lowest BCUT2D eigenvalue weighted by molar-refractivity contribution is -0.384. The van der Waals surface area contributed by atoms with Crippen LogP contribution in [-0.4, -0.2) is 15.8 Å². The van der Waals surface area contributed by atoms with E-state index < -0.39 is 4.92 Å². The number of amides is 1. The smallest absolute Gasteiger partial charge is 0.271 e. The van der Waals surface area contributed by atoms with Crippen molar-refractivity contribution < 1.29 is 14.1 Å². The van der Waals surface area contributed by atoms with Crippen LogP contribution in [0.15, 0.2) is 47.8 Å². The summed E-state index contributed by atoms with van der Waals surface area (Å²) in [4.78, 5) is 27.0. The van der Waals surface area contributed by atoms with Crippen LogP contribution in [-0.2, 0) is 11.2 Å². The van der Waals surface area contributed by atoms with E-state index in [2.05, 4.69) is 10.3 Å². The second kappa shape index (κ2) is 7.40. The van der Waals surface area contributed by atoms with E-state index in [9.17, 15) is 19.3 Å². The molecular formula is C18H14FN3O3S. The van der Waals surface area contributed by atoms with Crippen LogP contribution in [0.5, 0.6) is 0 Å². The number of halogens is 1. The molecule has 0 bridgehead atoms. The van der Waals surface area contributed by atoms with Gasteiger partial charge in [0, 0.05) is 23.1 Å². The third kappa shape index (κ3) is 4.09. The molecular weight excluding hydrogens is 357 g/mol. The first-order chi connectivity index (χ1) is 12.4. The molecule has 3 aromatic rings. The maximum absolute atomic E-state index is 13.0. The van der Waals surface area contributed by atoms with Crippen molar-refractivity contribution in [2.24, 2.45) is 0 Å². The third-order valence-electron chi connectivity index (χ3n) is 3.69. The van der Waals surface area contributed by atoms with E-state index in [4.69, 9.17) is 0 Å². The summed E-state index contributed by atoms with van der Waals surface area (Å²) in [5.74, 6) is -0.637. The molecule has 26 heavy (non-hydrogen) atoms. The lowest BCUT2D eigenvalue weighted by Crippen LogP contribution is -2.15. The number of anilines is 1. The Morgan fingerprint density at radius 3 is 2.69 bits per heavy atom. The molecule has 0 aliphatic rings. The minimum Gasteiger partial charge on any atom is -0.325 e. The van der Waals surface area contributed by atoms with Gasteiger partial charge in [0.2, 0.25) is 5.91 Å². The van der Waals surface area contributed by atoms with Gasteiger partial charge in [-0.2, -0.15) is 0 Å². The van der Waals surface area contributed by atoms with Gasteiger partial charge in [-0.15, -0.1) is 11.3 Å². The van der Waals surface area contributed by atoms with Crippen molar-refractivity contribution >= 4 is 28.6 Å². The number of benzene rings is 2. The fourth-order valence-electron chi connectivity index (χ4n) is 2.33. The molecule has 1 heterocycles. The van der Waals surface area contributed by atoms with E-state index in [0.717, 1.165) is 11.1 Å². The summed E-state index contributed by atoms with van der Waals surface area (Å²) in [5.41, 5.74) is 2.40. The van der Waals surface area contributed by atoms with Crippen molar-refractivity contribution in [3.8, 4) is 10.6 Å². The van der Waals surface area contributed by atoms with Crippen LogP contribution < -0.4 is 5.32 Å². The SMILES string of the molecule is Cc1ccc([N+](=O)[O-])cc1NC(=O)Cc1csc(-c2ccc(F)cc2)n1. The zero-order valence-corrected chi connectivity index (χ0v) is 14.5. The lowest BCUT2D eigenvalue weighted by Gasteiger charge is -2.07. The second-order valence-electron chi connectivity index (χ2n) is 5.63. The van der Waals surface area contributed by atoms with Gasteiger partial charge in [0.15, 0.2) is 0 Å². The maximum atomic E-state index is 13.0. The first-order valence-corrected chi connectivity index (χ1v) is 8.55. The Morgan fingerprint density at radius 2 is 2.00 bits per heavy atom. The van der Waals surface area contributed by atoms with Crippen molar-refractivity contribution in [1.29, 1.82) is 0 Å². The molecule has 0 aliphatic heterocycles. The zero-order valence-electron chi connectivity index (χ0n) is 13.7. The Labute approximate surface area is 152 Å². The summed E-state index contributed by atoms with van der Waals surface area (Å²) in [6, 6.07) is 10.3. The Balaban J connectivity index is 1.70. The van der Waals surface area contributed by atoms with Crippen LogP contribution in [0.1, 0.15) is 11.3 Å². The summed E-state index contributed by atoms with van der Waals surface area (Å²) in [5, 5.41) is 16.0. The molecule has 3 rings (SSSR count). The van der Waals surface area contributed by atoms with Gasteiger partial charge in [-0.3, -0.25) is 14.9 Å². The first-order valence-electron chi connectivity index (χ1n) is 7.67. The van der Waals surface area contributed by atoms with Crippen LogP contribution in [0.2, 0.25) is 0 Å². The number of nitrogens with one attached hydrogen (secondary N) is 1. The number of rotatable bonds is 5. The molecule has 1 aromatic heterocycles. The number of nitro groups is 1. The minimum absolute atomic E-state index is 0.0415. The Bertz CT molecular complexity index is 970. The summed E-state index contributed by atoms with van der Waals surface area (Å²) < 4.78 is 13.0. The highest BCUT2D eigenvalue weighted by molar-refractivity contribution is 7.13. The molecule has 0 saturated heterocycles. The first kappa shape index (κ1) is 17.7. The van der Waals surface area contributed by atoms with Gasteiger partial charge < -0.3 is 5.32 Å². The van der Waals surface area contributed by atoms with Crippen LogP contribution >= 0.6 is 11.3 Å².